The number of nitrogens with one attached hydrogen (secondary N) is 1. The van der Waals surface area contributed by atoms with Crippen LogP contribution in [-0.4, -0.2) is 15.9 Å². The number of hydrogen-bond acceptors (Lipinski definition) is 6. The summed E-state index contributed by atoms with van der Waals surface area (Å²) in [5.74, 6) is -1.28. The number of hydrogen-bond donors (Lipinski definition) is 2. The molecule has 9 heteroatoms. The first kappa shape index (κ1) is 22.0. The van der Waals surface area contributed by atoms with E-state index >= 15 is 0 Å². The number of rotatable bonds is 7. The van der Waals surface area contributed by atoms with Crippen molar-refractivity contribution in [2.75, 3.05) is 5.32 Å². The van der Waals surface area contributed by atoms with Crippen LogP contribution in [0.25, 0.3) is 6.08 Å². The Bertz CT molecular complexity index is 1230. The fourth-order valence-electron chi connectivity index (χ4n) is 2.71. The lowest BCUT2D eigenvalue weighted by atomic mass is 10.1. The minimum Gasteiger partial charge on any atom is -0.506 e. The van der Waals surface area contributed by atoms with Crippen molar-refractivity contribution in [2.24, 2.45) is 0 Å². The van der Waals surface area contributed by atoms with Crippen LogP contribution in [0.5, 0.6) is 11.5 Å². The van der Waals surface area contributed by atoms with Gasteiger partial charge in [0, 0.05) is 11.6 Å². The molecular formula is C23H16FN3O5. The molecule has 160 valence electrons. The molecule has 0 fully saturated rings. The number of benzene rings is 3. The molecule has 0 unspecified atom stereocenters. The second-order valence-electron chi connectivity index (χ2n) is 6.54. The molecule has 0 radical (unpaired) electrons. The fraction of sp³-hybridized carbons (Fsp3) is 0.0435. The number of phenolic OH excluding ortho intramolecular Hbond substituents is 1. The lowest BCUT2D eigenvalue weighted by Gasteiger charge is -2.10. The van der Waals surface area contributed by atoms with Crippen molar-refractivity contribution in [3.05, 3.63) is 99.4 Å². The quantitative estimate of drug-likeness (QED) is 0.185. The number of nitro groups is 1. The molecule has 0 saturated carbocycles. The number of aromatic hydroxyl groups is 1. The zero-order valence-corrected chi connectivity index (χ0v) is 16.5. The van der Waals surface area contributed by atoms with Crippen LogP contribution in [0, 0.1) is 27.3 Å². The second kappa shape index (κ2) is 9.86. The van der Waals surface area contributed by atoms with Crippen LogP contribution >= 0.6 is 0 Å². The average molecular weight is 433 g/mol. The van der Waals surface area contributed by atoms with E-state index < -0.39 is 16.6 Å². The molecule has 0 bridgehead atoms. The van der Waals surface area contributed by atoms with Crippen molar-refractivity contribution in [1.82, 2.24) is 0 Å². The van der Waals surface area contributed by atoms with Crippen molar-refractivity contribution in [3.8, 4) is 17.6 Å². The first-order valence-electron chi connectivity index (χ1n) is 9.24. The molecule has 3 aromatic carbocycles. The standard InChI is InChI=1S/C23H16FN3O5/c24-18-7-5-15(6-8-18)14-32-22-4-2-1-3-16(22)11-17(13-25)23(29)26-20-10-9-19(27(30)31)12-21(20)28/h1-12,28H,14H2,(H,26,29)/b17-11+. The maximum absolute atomic E-state index is 13.0. The Morgan fingerprint density at radius 1 is 1.19 bits per heavy atom. The fourth-order valence-corrected chi connectivity index (χ4v) is 2.71. The molecule has 0 aliphatic carbocycles. The Labute approximate surface area is 182 Å². The summed E-state index contributed by atoms with van der Waals surface area (Å²) in [5, 5.41) is 32.5. The van der Waals surface area contributed by atoms with E-state index in [4.69, 9.17) is 4.74 Å². The molecule has 3 aromatic rings. The van der Waals surface area contributed by atoms with E-state index in [0.717, 1.165) is 17.7 Å². The number of amides is 1. The molecule has 1 amide bonds. The molecule has 0 saturated heterocycles. The van der Waals surface area contributed by atoms with Gasteiger partial charge in [0.2, 0.25) is 0 Å². The van der Waals surface area contributed by atoms with E-state index in [1.54, 1.807) is 42.5 Å². The van der Waals surface area contributed by atoms with Gasteiger partial charge in [0.15, 0.2) is 0 Å². The predicted molar refractivity (Wildman–Crippen MR) is 114 cm³/mol. The number of anilines is 1. The van der Waals surface area contributed by atoms with Crippen LogP contribution in [-0.2, 0) is 11.4 Å². The summed E-state index contributed by atoms with van der Waals surface area (Å²) >= 11 is 0. The van der Waals surface area contributed by atoms with Crippen LogP contribution in [0.4, 0.5) is 15.8 Å². The van der Waals surface area contributed by atoms with Gasteiger partial charge in [-0.15, -0.1) is 0 Å². The number of nitro benzene ring substituents is 1. The average Bonchev–Trinajstić information content (AvgIpc) is 2.78. The summed E-state index contributed by atoms with van der Waals surface area (Å²) in [5.41, 5.74) is 0.485. The normalized spacial score (nSPS) is 10.8. The Balaban J connectivity index is 1.78. The van der Waals surface area contributed by atoms with E-state index in [1.165, 1.54) is 24.3 Å². The van der Waals surface area contributed by atoms with E-state index in [1.807, 2.05) is 0 Å². The van der Waals surface area contributed by atoms with Crippen molar-refractivity contribution < 1.29 is 24.0 Å². The molecule has 0 heterocycles. The predicted octanol–water partition coefficient (Wildman–Crippen LogP) is 4.56. The summed E-state index contributed by atoms with van der Waals surface area (Å²) in [4.78, 5) is 22.6. The van der Waals surface area contributed by atoms with Gasteiger partial charge in [-0.25, -0.2) is 4.39 Å². The van der Waals surface area contributed by atoms with Gasteiger partial charge >= 0.3 is 0 Å². The zero-order chi connectivity index (χ0) is 23.1. The van der Waals surface area contributed by atoms with Crippen LogP contribution in [0.15, 0.2) is 72.3 Å². The molecule has 3 rings (SSSR count). The summed E-state index contributed by atoms with van der Waals surface area (Å²) in [7, 11) is 0. The van der Waals surface area contributed by atoms with Crippen molar-refractivity contribution in [2.45, 2.75) is 6.61 Å². The van der Waals surface area contributed by atoms with Crippen LogP contribution < -0.4 is 10.1 Å². The van der Waals surface area contributed by atoms with Crippen molar-refractivity contribution in [3.63, 3.8) is 0 Å². The Morgan fingerprint density at radius 2 is 1.91 bits per heavy atom. The summed E-state index contributed by atoms with van der Waals surface area (Å²) in [6, 6.07) is 17.5. The Morgan fingerprint density at radius 3 is 2.56 bits per heavy atom. The number of nitrogens with zero attached hydrogens (tertiary/aromatic N) is 2. The Kier molecular flexibility index (Phi) is 6.78. The first-order valence-corrected chi connectivity index (χ1v) is 9.24. The molecule has 0 spiro atoms. The maximum atomic E-state index is 13.0. The van der Waals surface area contributed by atoms with Crippen LogP contribution in [0.1, 0.15) is 11.1 Å². The molecule has 32 heavy (non-hydrogen) atoms. The van der Waals surface area contributed by atoms with E-state index in [-0.39, 0.29) is 29.4 Å². The highest BCUT2D eigenvalue weighted by Crippen LogP contribution is 2.29. The first-order chi connectivity index (χ1) is 15.4. The minimum absolute atomic E-state index is 0.0809. The topological polar surface area (TPSA) is 125 Å². The lowest BCUT2D eigenvalue weighted by molar-refractivity contribution is -0.384. The monoisotopic (exact) mass is 433 g/mol. The largest absolute Gasteiger partial charge is 0.506 e. The van der Waals surface area contributed by atoms with Gasteiger partial charge in [-0.2, -0.15) is 5.26 Å². The molecule has 0 aromatic heterocycles. The third-order valence-corrected chi connectivity index (χ3v) is 4.33. The second-order valence-corrected chi connectivity index (χ2v) is 6.54. The third-order valence-electron chi connectivity index (χ3n) is 4.33. The van der Waals surface area contributed by atoms with Crippen LogP contribution in [0.3, 0.4) is 0 Å². The summed E-state index contributed by atoms with van der Waals surface area (Å²) in [6.45, 7) is 0.149. The van der Waals surface area contributed by atoms with E-state index in [0.29, 0.717) is 11.3 Å². The number of halogens is 1. The van der Waals surface area contributed by atoms with Gasteiger partial charge in [0.25, 0.3) is 11.6 Å². The summed E-state index contributed by atoms with van der Waals surface area (Å²) in [6.07, 6.45) is 1.32. The molecule has 8 nitrogen and oxygen atoms in total. The zero-order valence-electron chi connectivity index (χ0n) is 16.5. The molecule has 0 aliphatic rings. The number of phenols is 1. The van der Waals surface area contributed by atoms with Gasteiger partial charge in [-0.05, 0) is 35.9 Å². The molecular weight excluding hydrogens is 417 g/mol. The minimum atomic E-state index is -0.815. The van der Waals surface area contributed by atoms with Gasteiger partial charge in [-0.3, -0.25) is 14.9 Å². The smallest absolute Gasteiger partial charge is 0.273 e. The van der Waals surface area contributed by atoms with E-state index in [9.17, 15) is 29.7 Å². The highest BCUT2D eigenvalue weighted by Gasteiger charge is 2.15. The number of carbonyl (C=O) groups is 1. The number of nitriles is 1. The Hall–Kier alpha value is -4.71. The van der Waals surface area contributed by atoms with Gasteiger partial charge in [0.05, 0.1) is 16.7 Å². The third kappa shape index (κ3) is 5.46. The molecule has 0 atom stereocenters. The SMILES string of the molecule is N#C/C(=C\c1ccccc1OCc1ccc(F)cc1)C(=O)Nc1ccc([N+](=O)[O-])cc1O. The molecule has 2 N–H and O–H groups in total. The van der Waals surface area contributed by atoms with Crippen molar-refractivity contribution >= 4 is 23.4 Å². The van der Waals surface area contributed by atoms with E-state index in [2.05, 4.69) is 5.32 Å². The lowest BCUT2D eigenvalue weighted by Crippen LogP contribution is -2.13. The number of para-hydroxylation sites is 1. The van der Waals surface area contributed by atoms with Gasteiger partial charge in [-0.1, -0.05) is 30.3 Å². The van der Waals surface area contributed by atoms with Crippen molar-refractivity contribution in [1.29, 1.82) is 5.26 Å². The molecule has 0 aliphatic heterocycles. The number of carbonyl (C=O) groups excluding carboxylic acids is 1. The number of ether oxygens (including phenoxy) is 1. The summed E-state index contributed by atoms with van der Waals surface area (Å²) < 4.78 is 18.8. The highest BCUT2D eigenvalue weighted by atomic mass is 19.1. The number of non-ortho nitro benzene ring substituents is 1. The van der Waals surface area contributed by atoms with Gasteiger partial charge in [0.1, 0.15) is 35.6 Å². The maximum Gasteiger partial charge on any atom is 0.273 e. The highest BCUT2D eigenvalue weighted by molar-refractivity contribution is 6.10. The van der Waals surface area contributed by atoms with Gasteiger partial charge < -0.3 is 15.2 Å². The van der Waals surface area contributed by atoms with Crippen LogP contribution in [0.2, 0.25) is 0 Å².